The number of aryl methyl sites for hydroxylation is 1. The van der Waals surface area contributed by atoms with Gasteiger partial charge in [-0.3, -0.25) is 4.79 Å². The van der Waals surface area contributed by atoms with Gasteiger partial charge in [-0.25, -0.2) is 9.97 Å². The Balaban J connectivity index is 1.44. The number of amides is 1. The standard InChI is InChI=1S/C19H18N4O3/c1-13-3-2-4-14(7-13)10-23-11-17(21-12-23)22-18(24)15-8-16-19(20-9-15)26-6-5-25-16/h2-4,7-9,11-12H,5-6,10H2,1H3,(H,22,24). The highest BCUT2D eigenvalue weighted by Gasteiger charge is 2.17. The van der Waals surface area contributed by atoms with Gasteiger partial charge in [0.1, 0.15) is 13.2 Å². The van der Waals surface area contributed by atoms with Crippen molar-refractivity contribution in [2.24, 2.45) is 0 Å². The molecule has 1 aliphatic rings. The van der Waals surface area contributed by atoms with Crippen molar-refractivity contribution in [2.75, 3.05) is 18.5 Å². The fourth-order valence-electron chi connectivity index (χ4n) is 2.78. The van der Waals surface area contributed by atoms with Crippen LogP contribution in [-0.4, -0.2) is 33.7 Å². The van der Waals surface area contributed by atoms with E-state index in [1.165, 1.54) is 17.3 Å². The molecule has 0 spiro atoms. The molecule has 0 saturated heterocycles. The second-order valence-corrected chi connectivity index (χ2v) is 6.10. The number of imidazole rings is 1. The molecule has 2 aromatic heterocycles. The first kappa shape index (κ1) is 16.1. The van der Waals surface area contributed by atoms with Crippen molar-refractivity contribution in [1.82, 2.24) is 14.5 Å². The first-order valence-corrected chi connectivity index (χ1v) is 8.32. The van der Waals surface area contributed by atoms with Crippen molar-refractivity contribution in [2.45, 2.75) is 13.5 Å². The largest absolute Gasteiger partial charge is 0.484 e. The average molecular weight is 350 g/mol. The number of benzene rings is 1. The molecule has 3 aromatic rings. The topological polar surface area (TPSA) is 78.3 Å². The number of pyridine rings is 1. The normalized spacial score (nSPS) is 12.7. The number of ether oxygens (including phenoxy) is 2. The zero-order chi connectivity index (χ0) is 17.9. The predicted molar refractivity (Wildman–Crippen MR) is 95.7 cm³/mol. The van der Waals surface area contributed by atoms with Crippen molar-refractivity contribution in [3.63, 3.8) is 0 Å². The summed E-state index contributed by atoms with van der Waals surface area (Å²) in [6, 6.07) is 9.90. The van der Waals surface area contributed by atoms with Gasteiger partial charge in [-0.2, -0.15) is 0 Å². The summed E-state index contributed by atoms with van der Waals surface area (Å²) in [4.78, 5) is 20.8. The molecule has 3 heterocycles. The monoisotopic (exact) mass is 350 g/mol. The van der Waals surface area contributed by atoms with Crippen LogP contribution in [0.5, 0.6) is 11.6 Å². The zero-order valence-corrected chi connectivity index (χ0v) is 14.3. The Kier molecular flexibility index (Phi) is 4.27. The van der Waals surface area contributed by atoms with Gasteiger partial charge in [0.25, 0.3) is 11.8 Å². The molecule has 0 saturated carbocycles. The second kappa shape index (κ2) is 6.87. The summed E-state index contributed by atoms with van der Waals surface area (Å²) in [5.74, 6) is 1.08. The number of nitrogens with zero attached hydrogens (tertiary/aromatic N) is 3. The third-order valence-corrected chi connectivity index (χ3v) is 3.98. The molecule has 0 unspecified atom stereocenters. The maximum atomic E-state index is 12.4. The number of carbonyl (C=O) groups excluding carboxylic acids is 1. The Morgan fingerprint density at radius 3 is 3.00 bits per heavy atom. The van der Waals surface area contributed by atoms with E-state index in [1.807, 2.05) is 10.6 Å². The first-order valence-electron chi connectivity index (χ1n) is 8.32. The van der Waals surface area contributed by atoms with Crippen LogP contribution in [0.25, 0.3) is 0 Å². The van der Waals surface area contributed by atoms with E-state index in [0.29, 0.717) is 42.8 Å². The molecule has 7 heteroatoms. The van der Waals surface area contributed by atoms with E-state index in [0.717, 1.165) is 0 Å². The Hall–Kier alpha value is -3.35. The molecule has 1 aromatic carbocycles. The number of aromatic nitrogens is 3. The lowest BCUT2D eigenvalue weighted by Gasteiger charge is -2.17. The lowest BCUT2D eigenvalue weighted by molar-refractivity contribution is 0.102. The van der Waals surface area contributed by atoms with E-state index < -0.39 is 0 Å². The molecule has 1 aliphatic heterocycles. The van der Waals surface area contributed by atoms with Crippen molar-refractivity contribution < 1.29 is 14.3 Å². The maximum Gasteiger partial charge on any atom is 0.258 e. The molecule has 26 heavy (non-hydrogen) atoms. The molecule has 0 aliphatic carbocycles. The van der Waals surface area contributed by atoms with E-state index >= 15 is 0 Å². The van der Waals surface area contributed by atoms with E-state index in [1.54, 1.807) is 18.6 Å². The van der Waals surface area contributed by atoms with E-state index in [4.69, 9.17) is 9.47 Å². The van der Waals surface area contributed by atoms with Crippen LogP contribution in [0, 0.1) is 6.92 Å². The van der Waals surface area contributed by atoms with Crippen molar-refractivity contribution in [3.8, 4) is 11.6 Å². The molecular weight excluding hydrogens is 332 g/mol. The van der Waals surface area contributed by atoms with E-state index in [9.17, 15) is 4.79 Å². The number of nitrogens with one attached hydrogen (secondary N) is 1. The maximum absolute atomic E-state index is 12.4. The van der Waals surface area contributed by atoms with Gasteiger partial charge in [-0.05, 0) is 12.5 Å². The first-order chi connectivity index (χ1) is 12.7. The summed E-state index contributed by atoms with van der Waals surface area (Å²) in [5, 5.41) is 2.78. The molecule has 1 amide bonds. The Bertz CT molecular complexity index is 951. The average Bonchev–Trinajstić information content (AvgIpc) is 3.08. The van der Waals surface area contributed by atoms with Gasteiger partial charge in [0.15, 0.2) is 11.6 Å². The highest BCUT2D eigenvalue weighted by atomic mass is 16.6. The Morgan fingerprint density at radius 1 is 1.23 bits per heavy atom. The van der Waals surface area contributed by atoms with Crippen LogP contribution in [0.15, 0.2) is 49.1 Å². The number of hydrogen-bond acceptors (Lipinski definition) is 5. The minimum atomic E-state index is -0.296. The Morgan fingerprint density at radius 2 is 2.12 bits per heavy atom. The summed E-state index contributed by atoms with van der Waals surface area (Å²) in [7, 11) is 0. The molecule has 132 valence electrons. The predicted octanol–water partition coefficient (Wildman–Crippen LogP) is 2.66. The third kappa shape index (κ3) is 3.51. The summed E-state index contributed by atoms with van der Waals surface area (Å²) >= 11 is 0. The van der Waals surface area contributed by atoms with Gasteiger partial charge < -0.3 is 19.4 Å². The molecule has 0 atom stereocenters. The fourth-order valence-corrected chi connectivity index (χ4v) is 2.78. The summed E-state index contributed by atoms with van der Waals surface area (Å²) < 4.78 is 12.7. The molecule has 7 nitrogen and oxygen atoms in total. The number of anilines is 1. The Labute approximate surface area is 150 Å². The number of carbonyl (C=O) groups is 1. The van der Waals surface area contributed by atoms with Gasteiger partial charge in [0.05, 0.1) is 11.9 Å². The second-order valence-electron chi connectivity index (χ2n) is 6.10. The van der Waals surface area contributed by atoms with Crippen molar-refractivity contribution >= 4 is 11.7 Å². The molecule has 4 rings (SSSR count). The molecule has 0 radical (unpaired) electrons. The molecule has 0 bridgehead atoms. The highest BCUT2D eigenvalue weighted by molar-refractivity contribution is 6.03. The summed E-state index contributed by atoms with van der Waals surface area (Å²) in [6.07, 6.45) is 4.96. The van der Waals surface area contributed by atoms with Crippen LogP contribution in [0.2, 0.25) is 0 Å². The van der Waals surface area contributed by atoms with Crippen LogP contribution in [0.4, 0.5) is 5.82 Å². The summed E-state index contributed by atoms with van der Waals surface area (Å²) in [5.41, 5.74) is 2.78. The summed E-state index contributed by atoms with van der Waals surface area (Å²) in [6.45, 7) is 3.66. The lowest BCUT2D eigenvalue weighted by Crippen LogP contribution is -2.18. The smallest absolute Gasteiger partial charge is 0.258 e. The van der Waals surface area contributed by atoms with Gasteiger partial charge in [-0.1, -0.05) is 29.8 Å². The SMILES string of the molecule is Cc1cccc(Cn2cnc(NC(=O)c3cnc4c(c3)OCCO4)c2)c1. The molecule has 1 N–H and O–H groups in total. The van der Waals surface area contributed by atoms with Crippen LogP contribution in [0.3, 0.4) is 0 Å². The van der Waals surface area contributed by atoms with Crippen LogP contribution in [-0.2, 0) is 6.54 Å². The van der Waals surface area contributed by atoms with Gasteiger partial charge >= 0.3 is 0 Å². The van der Waals surface area contributed by atoms with E-state index in [-0.39, 0.29) is 5.91 Å². The number of hydrogen-bond donors (Lipinski definition) is 1. The molecule has 0 fully saturated rings. The number of rotatable bonds is 4. The highest BCUT2D eigenvalue weighted by Crippen LogP contribution is 2.28. The van der Waals surface area contributed by atoms with E-state index in [2.05, 4.69) is 40.4 Å². The van der Waals surface area contributed by atoms with Crippen molar-refractivity contribution in [1.29, 1.82) is 0 Å². The molecular formula is C19H18N4O3. The third-order valence-electron chi connectivity index (χ3n) is 3.98. The minimum absolute atomic E-state index is 0.296. The van der Waals surface area contributed by atoms with Gasteiger partial charge in [0.2, 0.25) is 0 Å². The van der Waals surface area contributed by atoms with Crippen LogP contribution >= 0.6 is 0 Å². The quantitative estimate of drug-likeness (QED) is 0.783. The minimum Gasteiger partial charge on any atom is -0.484 e. The van der Waals surface area contributed by atoms with Gasteiger partial charge in [-0.15, -0.1) is 0 Å². The zero-order valence-electron chi connectivity index (χ0n) is 14.3. The van der Waals surface area contributed by atoms with Crippen LogP contribution < -0.4 is 14.8 Å². The fraction of sp³-hybridized carbons (Fsp3) is 0.211. The van der Waals surface area contributed by atoms with Crippen molar-refractivity contribution in [3.05, 3.63) is 65.7 Å². The van der Waals surface area contributed by atoms with Gasteiger partial charge in [0, 0.05) is 25.0 Å². The number of fused-ring (bicyclic) bond motifs is 1. The van der Waals surface area contributed by atoms with Crippen LogP contribution in [0.1, 0.15) is 21.5 Å². The lowest BCUT2D eigenvalue weighted by atomic mass is 10.1.